The molecule has 1 aromatic carbocycles. The Bertz CT molecular complexity index is 1290. The lowest BCUT2D eigenvalue weighted by molar-refractivity contribution is 0.356. The summed E-state index contributed by atoms with van der Waals surface area (Å²) in [4.78, 5) is 15.8. The summed E-state index contributed by atoms with van der Waals surface area (Å²) in [6.07, 6.45) is 2.49. The Morgan fingerprint density at radius 3 is 2.58 bits per heavy atom. The second kappa shape index (κ2) is 8.60. The number of sulfonamides is 1. The van der Waals surface area contributed by atoms with E-state index in [1.54, 1.807) is 28.7 Å². The maximum atomic E-state index is 13.2. The van der Waals surface area contributed by atoms with Crippen molar-refractivity contribution in [3.63, 3.8) is 0 Å². The van der Waals surface area contributed by atoms with Gasteiger partial charge in [0.25, 0.3) is 0 Å². The molecule has 172 valence electrons. The topological polar surface area (TPSA) is 101 Å². The smallest absolute Gasteiger partial charge is 0.243 e. The minimum absolute atomic E-state index is 0.329. The van der Waals surface area contributed by atoms with Crippen LogP contribution in [-0.4, -0.2) is 60.5 Å². The number of aryl methyl sites for hydroxylation is 2. The number of nitrogens with zero attached hydrogens (tertiary/aromatic N) is 5. The lowest BCUT2D eigenvalue weighted by Gasteiger charge is -2.34. The van der Waals surface area contributed by atoms with Crippen LogP contribution in [0.3, 0.4) is 0 Å². The van der Waals surface area contributed by atoms with Crippen LogP contribution < -0.4 is 15.0 Å². The minimum atomic E-state index is -3.55. The largest absolute Gasteiger partial charge is 0.493 e. The third-order valence-electron chi connectivity index (χ3n) is 5.86. The van der Waals surface area contributed by atoms with Gasteiger partial charge in [0.05, 0.1) is 11.5 Å². The van der Waals surface area contributed by atoms with E-state index in [4.69, 9.17) is 4.74 Å². The fourth-order valence-electron chi connectivity index (χ4n) is 4.14. The van der Waals surface area contributed by atoms with Crippen LogP contribution in [0.2, 0.25) is 0 Å². The fourth-order valence-corrected chi connectivity index (χ4v) is 5.62. The summed E-state index contributed by atoms with van der Waals surface area (Å²) in [5, 5.41) is 3.23. The molecule has 0 radical (unpaired) electrons. The monoisotopic (exact) mass is 466 g/mol. The highest BCUT2D eigenvalue weighted by atomic mass is 32.2. The van der Waals surface area contributed by atoms with E-state index in [0.717, 1.165) is 34.9 Å². The highest BCUT2D eigenvalue weighted by molar-refractivity contribution is 7.89. The van der Waals surface area contributed by atoms with E-state index in [1.807, 2.05) is 32.0 Å². The second-order valence-corrected chi connectivity index (χ2v) is 10.2. The number of aromatic nitrogens is 3. The van der Waals surface area contributed by atoms with Crippen LogP contribution in [0, 0.1) is 13.8 Å². The van der Waals surface area contributed by atoms with Gasteiger partial charge in [-0.2, -0.15) is 4.31 Å². The lowest BCUT2D eigenvalue weighted by atomic mass is 10.2. The number of rotatable bonds is 5. The number of nitrogens with one attached hydrogen (secondary N) is 1. The van der Waals surface area contributed by atoms with E-state index in [-0.39, 0.29) is 0 Å². The number of hydrogen-bond acceptors (Lipinski definition) is 8. The summed E-state index contributed by atoms with van der Waals surface area (Å²) in [7, 11) is -3.55. The standard InChI is InChI=1S/C23H26N6O3S/c1-16-5-7-24-21(13-16)27-22-15-23(26-17(2)25-22)28-8-10-29(11-9-28)33(30,31)19-3-4-20-18(14-19)6-12-32-20/h3-5,7,13-15H,6,8-12H2,1-2H3,(H,24,25,26,27). The first-order valence-corrected chi connectivity index (χ1v) is 12.4. The first-order valence-electron chi connectivity index (χ1n) is 10.9. The molecule has 9 nitrogen and oxygen atoms in total. The molecule has 0 aliphatic carbocycles. The molecule has 0 bridgehead atoms. The molecule has 1 saturated heterocycles. The molecule has 4 heterocycles. The number of piperazine rings is 1. The van der Waals surface area contributed by atoms with Gasteiger partial charge in [-0.1, -0.05) is 0 Å². The SMILES string of the molecule is Cc1ccnc(Nc2cc(N3CCN(S(=O)(=O)c4ccc5c(c4)CCO5)CC3)nc(C)n2)c1. The Hall–Kier alpha value is -3.24. The van der Waals surface area contributed by atoms with E-state index in [0.29, 0.717) is 49.3 Å². The van der Waals surface area contributed by atoms with Crippen molar-refractivity contribution in [2.75, 3.05) is 43.0 Å². The van der Waals surface area contributed by atoms with Crippen LogP contribution in [0.5, 0.6) is 5.75 Å². The van der Waals surface area contributed by atoms with E-state index < -0.39 is 10.0 Å². The van der Waals surface area contributed by atoms with Crippen LogP contribution in [0.15, 0.2) is 47.5 Å². The molecule has 0 amide bonds. The second-order valence-electron chi connectivity index (χ2n) is 8.26. The molecule has 5 rings (SSSR count). The zero-order valence-electron chi connectivity index (χ0n) is 18.7. The van der Waals surface area contributed by atoms with Gasteiger partial charge in [-0.05, 0) is 55.3 Å². The summed E-state index contributed by atoms with van der Waals surface area (Å²) in [5.74, 6) is 3.56. The van der Waals surface area contributed by atoms with Crippen molar-refractivity contribution in [3.8, 4) is 5.75 Å². The molecular formula is C23H26N6O3S. The van der Waals surface area contributed by atoms with Gasteiger partial charge in [0, 0.05) is 44.9 Å². The molecule has 33 heavy (non-hydrogen) atoms. The predicted octanol–water partition coefficient (Wildman–Crippen LogP) is 2.68. The number of pyridine rings is 1. The summed E-state index contributed by atoms with van der Waals surface area (Å²) < 4.78 is 33.4. The molecule has 3 aromatic rings. The quantitative estimate of drug-likeness (QED) is 0.613. The first kappa shape index (κ1) is 21.6. The molecule has 0 saturated carbocycles. The average molecular weight is 467 g/mol. The van der Waals surface area contributed by atoms with Crippen molar-refractivity contribution in [1.82, 2.24) is 19.3 Å². The predicted molar refractivity (Wildman–Crippen MR) is 126 cm³/mol. The highest BCUT2D eigenvalue weighted by Crippen LogP contribution is 2.29. The third-order valence-corrected chi connectivity index (χ3v) is 7.75. The molecule has 0 atom stereocenters. The number of anilines is 3. The van der Waals surface area contributed by atoms with Gasteiger partial charge in [-0.3, -0.25) is 0 Å². The van der Waals surface area contributed by atoms with Gasteiger partial charge in [0.15, 0.2) is 0 Å². The fraction of sp³-hybridized carbons (Fsp3) is 0.348. The first-order chi connectivity index (χ1) is 15.9. The molecule has 10 heteroatoms. The Morgan fingerprint density at radius 2 is 1.79 bits per heavy atom. The zero-order valence-corrected chi connectivity index (χ0v) is 19.5. The number of fused-ring (bicyclic) bond motifs is 1. The van der Waals surface area contributed by atoms with Gasteiger partial charge in [-0.25, -0.2) is 23.4 Å². The summed E-state index contributed by atoms with van der Waals surface area (Å²) in [6, 6.07) is 10.9. The van der Waals surface area contributed by atoms with Gasteiger partial charge in [0.1, 0.15) is 29.0 Å². The van der Waals surface area contributed by atoms with Crippen LogP contribution in [0.4, 0.5) is 17.5 Å². The van der Waals surface area contributed by atoms with Crippen molar-refractivity contribution in [2.45, 2.75) is 25.2 Å². The normalized spacial score (nSPS) is 16.4. The van der Waals surface area contributed by atoms with Crippen LogP contribution in [0.1, 0.15) is 17.0 Å². The molecule has 0 unspecified atom stereocenters. The summed E-state index contributed by atoms with van der Waals surface area (Å²) in [6.45, 7) is 6.33. The van der Waals surface area contributed by atoms with Gasteiger partial charge in [-0.15, -0.1) is 0 Å². The van der Waals surface area contributed by atoms with Gasteiger partial charge < -0.3 is 15.0 Å². The molecule has 1 N–H and O–H groups in total. The van der Waals surface area contributed by atoms with E-state index in [1.165, 1.54) is 0 Å². The number of benzene rings is 1. The third kappa shape index (κ3) is 4.49. The van der Waals surface area contributed by atoms with Crippen molar-refractivity contribution < 1.29 is 13.2 Å². The van der Waals surface area contributed by atoms with E-state index in [9.17, 15) is 8.42 Å². The Balaban J connectivity index is 1.29. The summed E-state index contributed by atoms with van der Waals surface area (Å²) >= 11 is 0. The molecule has 2 aromatic heterocycles. The van der Waals surface area contributed by atoms with Crippen LogP contribution in [0.25, 0.3) is 0 Å². The molecule has 1 fully saturated rings. The number of hydrogen-bond donors (Lipinski definition) is 1. The molecule has 2 aliphatic heterocycles. The van der Waals surface area contributed by atoms with Crippen molar-refractivity contribution >= 4 is 27.5 Å². The average Bonchev–Trinajstić information content (AvgIpc) is 3.27. The highest BCUT2D eigenvalue weighted by Gasteiger charge is 2.30. The van der Waals surface area contributed by atoms with Crippen molar-refractivity contribution in [1.29, 1.82) is 0 Å². The van der Waals surface area contributed by atoms with Crippen molar-refractivity contribution in [2.24, 2.45) is 0 Å². The van der Waals surface area contributed by atoms with E-state index >= 15 is 0 Å². The maximum absolute atomic E-state index is 13.2. The van der Waals surface area contributed by atoms with Crippen LogP contribution >= 0.6 is 0 Å². The van der Waals surface area contributed by atoms with E-state index in [2.05, 4.69) is 25.2 Å². The Kier molecular flexibility index (Phi) is 5.63. The summed E-state index contributed by atoms with van der Waals surface area (Å²) in [5.41, 5.74) is 2.06. The molecule has 2 aliphatic rings. The van der Waals surface area contributed by atoms with Crippen LogP contribution in [-0.2, 0) is 16.4 Å². The van der Waals surface area contributed by atoms with Crippen molar-refractivity contribution in [3.05, 3.63) is 59.5 Å². The lowest BCUT2D eigenvalue weighted by Crippen LogP contribution is -2.49. The minimum Gasteiger partial charge on any atom is -0.493 e. The Morgan fingerprint density at radius 1 is 0.970 bits per heavy atom. The van der Waals surface area contributed by atoms with Gasteiger partial charge >= 0.3 is 0 Å². The van der Waals surface area contributed by atoms with Gasteiger partial charge in [0.2, 0.25) is 10.0 Å². The molecular weight excluding hydrogens is 440 g/mol. The molecule has 0 spiro atoms. The maximum Gasteiger partial charge on any atom is 0.243 e. The Labute approximate surface area is 193 Å². The zero-order chi connectivity index (χ0) is 23.0. The number of ether oxygens (including phenoxy) is 1.